The fourth-order valence-electron chi connectivity index (χ4n) is 3.65. The van der Waals surface area contributed by atoms with Crippen molar-refractivity contribution in [2.24, 2.45) is 13.0 Å². The highest BCUT2D eigenvalue weighted by Gasteiger charge is 2.21. The van der Waals surface area contributed by atoms with E-state index in [2.05, 4.69) is 41.8 Å². The number of likely N-dealkylation sites (tertiary alicyclic amines) is 1. The fraction of sp³-hybridized carbons (Fsp3) is 0.400. The summed E-state index contributed by atoms with van der Waals surface area (Å²) in [4.78, 5) is 20.0. The number of piperidine rings is 1. The van der Waals surface area contributed by atoms with Crippen LogP contribution in [0.3, 0.4) is 0 Å². The van der Waals surface area contributed by atoms with Crippen LogP contribution in [0.15, 0.2) is 49.2 Å². The molecule has 140 valence electrons. The van der Waals surface area contributed by atoms with Crippen LogP contribution in [0, 0.1) is 5.92 Å². The molecule has 0 aliphatic carbocycles. The van der Waals surface area contributed by atoms with Crippen LogP contribution in [0.5, 0.6) is 0 Å². The smallest absolute Gasteiger partial charge is 0.135 e. The standard InChI is InChI=1S/C20H25N7/c1-26-10-8-22-20(26)14-27-9-4-5-16(13-27)11-17-12-19(24-15-23-17)25-18-6-2-3-7-21-18/h2-3,6-8,10,12,15-16H,4-5,9,11,13-14H2,1H3,(H,21,23,24,25). The number of nitrogens with zero attached hydrogens (tertiary/aromatic N) is 6. The Kier molecular flexibility index (Phi) is 5.39. The first-order valence-electron chi connectivity index (χ1n) is 9.44. The van der Waals surface area contributed by atoms with Crippen molar-refractivity contribution in [2.45, 2.75) is 25.8 Å². The van der Waals surface area contributed by atoms with Gasteiger partial charge in [0.05, 0.1) is 6.54 Å². The lowest BCUT2D eigenvalue weighted by Crippen LogP contribution is -2.36. The summed E-state index contributed by atoms with van der Waals surface area (Å²) in [5.41, 5.74) is 1.08. The van der Waals surface area contributed by atoms with Crippen LogP contribution in [0.4, 0.5) is 11.6 Å². The Morgan fingerprint density at radius 3 is 2.89 bits per heavy atom. The maximum absolute atomic E-state index is 4.48. The highest BCUT2D eigenvalue weighted by Crippen LogP contribution is 2.22. The van der Waals surface area contributed by atoms with Gasteiger partial charge in [0.1, 0.15) is 23.8 Å². The summed E-state index contributed by atoms with van der Waals surface area (Å²) >= 11 is 0. The SMILES string of the molecule is Cn1ccnc1CN1CCCC(Cc2cc(Nc3ccccn3)ncn2)C1. The first-order chi connectivity index (χ1) is 13.3. The van der Waals surface area contributed by atoms with Gasteiger partial charge in [-0.1, -0.05) is 6.07 Å². The quantitative estimate of drug-likeness (QED) is 0.726. The number of aryl methyl sites for hydroxylation is 1. The van der Waals surface area contributed by atoms with Gasteiger partial charge < -0.3 is 9.88 Å². The van der Waals surface area contributed by atoms with Gasteiger partial charge in [-0.15, -0.1) is 0 Å². The second-order valence-corrected chi connectivity index (χ2v) is 7.14. The van der Waals surface area contributed by atoms with Gasteiger partial charge >= 0.3 is 0 Å². The highest BCUT2D eigenvalue weighted by molar-refractivity contribution is 5.50. The van der Waals surface area contributed by atoms with Crippen molar-refractivity contribution in [1.29, 1.82) is 0 Å². The monoisotopic (exact) mass is 363 g/mol. The third-order valence-electron chi connectivity index (χ3n) is 5.03. The number of pyridine rings is 1. The lowest BCUT2D eigenvalue weighted by molar-refractivity contribution is 0.161. The number of anilines is 2. The van der Waals surface area contributed by atoms with Crippen molar-refractivity contribution < 1.29 is 0 Å². The molecule has 0 saturated carbocycles. The summed E-state index contributed by atoms with van der Waals surface area (Å²) in [7, 11) is 2.06. The Balaban J connectivity index is 1.37. The largest absolute Gasteiger partial charge is 0.337 e. The average Bonchev–Trinajstić information content (AvgIpc) is 3.08. The molecule has 0 bridgehead atoms. The predicted molar refractivity (Wildman–Crippen MR) is 104 cm³/mol. The maximum Gasteiger partial charge on any atom is 0.135 e. The van der Waals surface area contributed by atoms with Crippen molar-refractivity contribution in [3.63, 3.8) is 0 Å². The molecule has 0 radical (unpaired) electrons. The molecule has 0 amide bonds. The minimum Gasteiger partial charge on any atom is -0.337 e. The summed E-state index contributed by atoms with van der Waals surface area (Å²) < 4.78 is 2.10. The van der Waals surface area contributed by atoms with E-state index in [9.17, 15) is 0 Å². The van der Waals surface area contributed by atoms with Gasteiger partial charge in [-0.05, 0) is 43.9 Å². The van der Waals surface area contributed by atoms with Crippen LogP contribution in [-0.2, 0) is 20.0 Å². The average molecular weight is 363 g/mol. The zero-order valence-electron chi connectivity index (χ0n) is 15.6. The molecule has 0 aromatic carbocycles. The molecule has 7 heteroatoms. The number of rotatable bonds is 6. The van der Waals surface area contributed by atoms with Crippen LogP contribution in [0.1, 0.15) is 24.4 Å². The molecule has 4 rings (SSSR count). The van der Waals surface area contributed by atoms with E-state index in [0.29, 0.717) is 5.92 Å². The number of imidazole rings is 1. The summed E-state index contributed by atoms with van der Waals surface area (Å²) in [6.07, 6.45) is 10.7. The molecule has 1 saturated heterocycles. The van der Waals surface area contributed by atoms with E-state index < -0.39 is 0 Å². The number of hydrogen-bond acceptors (Lipinski definition) is 6. The van der Waals surface area contributed by atoms with E-state index in [1.807, 2.05) is 36.7 Å². The Hall–Kier alpha value is -2.80. The maximum atomic E-state index is 4.48. The minimum atomic E-state index is 0.608. The Bertz CT molecular complexity index is 862. The molecule has 3 aromatic heterocycles. The van der Waals surface area contributed by atoms with Crippen molar-refractivity contribution >= 4 is 11.6 Å². The van der Waals surface area contributed by atoms with Crippen molar-refractivity contribution in [2.75, 3.05) is 18.4 Å². The summed E-state index contributed by atoms with van der Waals surface area (Å²) in [6.45, 7) is 3.13. The molecule has 1 aliphatic heterocycles. The van der Waals surface area contributed by atoms with Gasteiger partial charge in [-0.25, -0.2) is 19.9 Å². The Morgan fingerprint density at radius 1 is 1.11 bits per heavy atom. The summed E-state index contributed by atoms with van der Waals surface area (Å²) in [6, 6.07) is 7.82. The molecule has 1 fully saturated rings. The zero-order valence-corrected chi connectivity index (χ0v) is 15.6. The molecule has 7 nitrogen and oxygen atoms in total. The van der Waals surface area contributed by atoms with Gasteiger partial charge in [-0.3, -0.25) is 4.90 Å². The summed E-state index contributed by atoms with van der Waals surface area (Å²) in [5, 5.41) is 3.24. The second-order valence-electron chi connectivity index (χ2n) is 7.14. The fourth-order valence-corrected chi connectivity index (χ4v) is 3.65. The molecule has 1 atom stereocenters. The van der Waals surface area contributed by atoms with E-state index in [0.717, 1.165) is 49.2 Å². The van der Waals surface area contributed by atoms with Crippen LogP contribution >= 0.6 is 0 Å². The third-order valence-corrected chi connectivity index (χ3v) is 5.03. The Morgan fingerprint density at radius 2 is 2.07 bits per heavy atom. The van der Waals surface area contributed by atoms with Gasteiger partial charge in [0, 0.05) is 43.9 Å². The van der Waals surface area contributed by atoms with E-state index >= 15 is 0 Å². The van der Waals surface area contributed by atoms with Gasteiger partial charge in [-0.2, -0.15) is 0 Å². The van der Waals surface area contributed by atoms with Crippen molar-refractivity contribution in [3.05, 3.63) is 60.7 Å². The minimum absolute atomic E-state index is 0.608. The molecule has 0 spiro atoms. The van der Waals surface area contributed by atoms with Crippen LogP contribution in [0.25, 0.3) is 0 Å². The van der Waals surface area contributed by atoms with Crippen LogP contribution in [-0.4, -0.2) is 42.5 Å². The van der Waals surface area contributed by atoms with Crippen molar-refractivity contribution in [3.8, 4) is 0 Å². The molecule has 1 N–H and O–H groups in total. The number of aromatic nitrogens is 5. The normalized spacial score (nSPS) is 17.7. The highest BCUT2D eigenvalue weighted by atomic mass is 15.2. The zero-order chi connectivity index (χ0) is 18.5. The number of nitrogens with one attached hydrogen (secondary N) is 1. The molecular weight excluding hydrogens is 338 g/mol. The lowest BCUT2D eigenvalue weighted by Gasteiger charge is -2.32. The molecule has 1 aliphatic rings. The molecule has 4 heterocycles. The molecule has 3 aromatic rings. The molecule has 1 unspecified atom stereocenters. The lowest BCUT2D eigenvalue weighted by atomic mass is 9.93. The van der Waals surface area contributed by atoms with Gasteiger partial charge in [0.15, 0.2) is 0 Å². The van der Waals surface area contributed by atoms with Crippen LogP contribution < -0.4 is 5.32 Å². The van der Waals surface area contributed by atoms with E-state index in [1.165, 1.54) is 12.8 Å². The van der Waals surface area contributed by atoms with Crippen LogP contribution in [0.2, 0.25) is 0 Å². The topological polar surface area (TPSA) is 71.8 Å². The van der Waals surface area contributed by atoms with Gasteiger partial charge in [0.2, 0.25) is 0 Å². The number of hydrogen-bond donors (Lipinski definition) is 1. The summed E-state index contributed by atoms with van der Waals surface area (Å²) in [5.74, 6) is 3.32. The molecule has 27 heavy (non-hydrogen) atoms. The predicted octanol–water partition coefficient (Wildman–Crippen LogP) is 2.80. The van der Waals surface area contributed by atoms with E-state index in [-0.39, 0.29) is 0 Å². The van der Waals surface area contributed by atoms with Gasteiger partial charge in [0.25, 0.3) is 0 Å². The Labute approximate surface area is 159 Å². The van der Waals surface area contributed by atoms with E-state index in [1.54, 1.807) is 12.5 Å². The van der Waals surface area contributed by atoms with Crippen molar-refractivity contribution in [1.82, 2.24) is 29.4 Å². The first kappa shape index (κ1) is 17.6. The van der Waals surface area contributed by atoms with E-state index in [4.69, 9.17) is 0 Å². The molecular formula is C20H25N7. The first-order valence-corrected chi connectivity index (χ1v) is 9.44. The second kappa shape index (κ2) is 8.26. The third kappa shape index (κ3) is 4.68.